The van der Waals surface area contributed by atoms with Crippen molar-refractivity contribution >= 4 is 15.9 Å². The summed E-state index contributed by atoms with van der Waals surface area (Å²) in [7, 11) is 0. The second-order valence-corrected chi connectivity index (χ2v) is 5.01. The molecule has 1 heterocycles. The third-order valence-corrected chi connectivity index (χ3v) is 3.56. The minimum absolute atomic E-state index is 0.494. The predicted molar refractivity (Wildman–Crippen MR) is 73.4 cm³/mol. The molecule has 0 radical (unpaired) electrons. The summed E-state index contributed by atoms with van der Waals surface area (Å²) in [5.74, 6) is 0.494. The first-order chi connectivity index (χ1) is 8.22. The molecular formula is C13H16BrN3. The molecule has 1 aromatic carbocycles. The fourth-order valence-electron chi connectivity index (χ4n) is 1.86. The molecular weight excluding hydrogens is 278 g/mol. The zero-order valence-electron chi connectivity index (χ0n) is 9.81. The van der Waals surface area contributed by atoms with Crippen LogP contribution < -0.4 is 5.73 Å². The Morgan fingerprint density at radius 2 is 2.29 bits per heavy atom. The SMILES string of the molecule is CC(CCN)c1ccc(-n2ccnc2)c(Br)c1. The molecule has 0 spiro atoms. The predicted octanol–water partition coefficient (Wildman–Crippen LogP) is 3.09. The Hall–Kier alpha value is -1.13. The van der Waals surface area contributed by atoms with Crippen LogP contribution in [0.5, 0.6) is 0 Å². The fraction of sp³-hybridized carbons (Fsp3) is 0.308. The van der Waals surface area contributed by atoms with Gasteiger partial charge in [-0.05, 0) is 52.5 Å². The topological polar surface area (TPSA) is 43.8 Å². The van der Waals surface area contributed by atoms with Gasteiger partial charge in [0.15, 0.2) is 0 Å². The van der Waals surface area contributed by atoms with Gasteiger partial charge in [-0.3, -0.25) is 0 Å². The van der Waals surface area contributed by atoms with Crippen LogP contribution in [0.4, 0.5) is 0 Å². The summed E-state index contributed by atoms with van der Waals surface area (Å²) in [6.45, 7) is 2.92. The second-order valence-electron chi connectivity index (χ2n) is 4.16. The van der Waals surface area contributed by atoms with Crippen molar-refractivity contribution in [1.82, 2.24) is 9.55 Å². The Kier molecular flexibility index (Phi) is 3.97. The minimum Gasteiger partial charge on any atom is -0.330 e. The van der Waals surface area contributed by atoms with Crippen LogP contribution in [-0.2, 0) is 0 Å². The van der Waals surface area contributed by atoms with E-state index < -0.39 is 0 Å². The zero-order chi connectivity index (χ0) is 12.3. The molecule has 4 heteroatoms. The van der Waals surface area contributed by atoms with Crippen molar-refractivity contribution < 1.29 is 0 Å². The Labute approximate surface area is 110 Å². The maximum Gasteiger partial charge on any atom is 0.0992 e. The van der Waals surface area contributed by atoms with Gasteiger partial charge < -0.3 is 10.3 Å². The molecule has 0 fully saturated rings. The highest BCUT2D eigenvalue weighted by Gasteiger charge is 2.08. The second kappa shape index (κ2) is 5.47. The van der Waals surface area contributed by atoms with Gasteiger partial charge in [-0.2, -0.15) is 0 Å². The van der Waals surface area contributed by atoms with Crippen LogP contribution in [0.3, 0.4) is 0 Å². The van der Waals surface area contributed by atoms with Gasteiger partial charge in [-0.25, -0.2) is 4.98 Å². The average molecular weight is 294 g/mol. The van der Waals surface area contributed by atoms with Crippen LogP contribution in [0.25, 0.3) is 5.69 Å². The van der Waals surface area contributed by atoms with Gasteiger partial charge in [0.2, 0.25) is 0 Å². The Balaban J connectivity index is 2.29. The van der Waals surface area contributed by atoms with Crippen molar-refractivity contribution in [3.8, 4) is 5.69 Å². The average Bonchev–Trinajstić information content (AvgIpc) is 2.82. The molecule has 90 valence electrons. The Morgan fingerprint density at radius 1 is 1.47 bits per heavy atom. The Bertz CT molecular complexity index is 479. The van der Waals surface area contributed by atoms with E-state index in [2.05, 4.69) is 46.0 Å². The summed E-state index contributed by atoms with van der Waals surface area (Å²) >= 11 is 3.61. The molecule has 0 amide bonds. The van der Waals surface area contributed by atoms with Crippen molar-refractivity contribution in [1.29, 1.82) is 0 Å². The lowest BCUT2D eigenvalue weighted by Crippen LogP contribution is -2.05. The summed E-state index contributed by atoms with van der Waals surface area (Å²) in [6.07, 6.45) is 6.51. The molecule has 1 unspecified atom stereocenters. The van der Waals surface area contributed by atoms with Crippen molar-refractivity contribution in [2.75, 3.05) is 6.54 Å². The summed E-state index contributed by atoms with van der Waals surface area (Å²) in [6, 6.07) is 6.42. The van der Waals surface area contributed by atoms with Gasteiger partial charge in [0.05, 0.1) is 12.0 Å². The highest BCUT2D eigenvalue weighted by molar-refractivity contribution is 9.10. The molecule has 0 aliphatic heterocycles. The molecule has 0 saturated heterocycles. The lowest BCUT2D eigenvalue weighted by molar-refractivity contribution is 0.689. The molecule has 0 bridgehead atoms. The lowest BCUT2D eigenvalue weighted by atomic mass is 9.98. The van der Waals surface area contributed by atoms with E-state index >= 15 is 0 Å². The maximum absolute atomic E-state index is 5.59. The van der Waals surface area contributed by atoms with Crippen LogP contribution in [0.1, 0.15) is 24.8 Å². The summed E-state index contributed by atoms with van der Waals surface area (Å²) < 4.78 is 3.07. The van der Waals surface area contributed by atoms with Crippen LogP contribution >= 0.6 is 15.9 Å². The first-order valence-electron chi connectivity index (χ1n) is 5.70. The monoisotopic (exact) mass is 293 g/mol. The maximum atomic E-state index is 5.59. The number of rotatable bonds is 4. The van der Waals surface area contributed by atoms with Crippen LogP contribution in [0.2, 0.25) is 0 Å². The van der Waals surface area contributed by atoms with Crippen molar-refractivity contribution in [2.45, 2.75) is 19.3 Å². The molecule has 1 aromatic heterocycles. The van der Waals surface area contributed by atoms with Crippen LogP contribution in [0.15, 0.2) is 41.4 Å². The van der Waals surface area contributed by atoms with Crippen LogP contribution in [-0.4, -0.2) is 16.1 Å². The van der Waals surface area contributed by atoms with Gasteiger partial charge in [0.1, 0.15) is 0 Å². The molecule has 3 nitrogen and oxygen atoms in total. The number of hydrogen-bond donors (Lipinski definition) is 1. The molecule has 1 atom stereocenters. The van der Waals surface area contributed by atoms with E-state index in [1.54, 1.807) is 12.5 Å². The highest BCUT2D eigenvalue weighted by atomic mass is 79.9. The number of aromatic nitrogens is 2. The van der Waals surface area contributed by atoms with Gasteiger partial charge >= 0.3 is 0 Å². The van der Waals surface area contributed by atoms with Gasteiger partial charge in [-0.1, -0.05) is 13.0 Å². The van der Waals surface area contributed by atoms with Gasteiger partial charge in [0.25, 0.3) is 0 Å². The van der Waals surface area contributed by atoms with E-state index in [1.807, 2.05) is 10.8 Å². The first kappa shape index (κ1) is 12.3. The molecule has 0 aliphatic carbocycles. The smallest absolute Gasteiger partial charge is 0.0992 e. The zero-order valence-corrected chi connectivity index (χ0v) is 11.4. The van der Waals surface area contributed by atoms with E-state index in [9.17, 15) is 0 Å². The van der Waals surface area contributed by atoms with E-state index in [-0.39, 0.29) is 0 Å². The number of imidazole rings is 1. The molecule has 2 rings (SSSR count). The third kappa shape index (κ3) is 2.76. The third-order valence-electron chi connectivity index (χ3n) is 2.92. The summed E-state index contributed by atoms with van der Waals surface area (Å²) in [4.78, 5) is 4.05. The number of halogens is 1. The minimum atomic E-state index is 0.494. The quantitative estimate of drug-likeness (QED) is 0.941. The fourth-order valence-corrected chi connectivity index (χ4v) is 2.46. The van der Waals surface area contributed by atoms with Crippen molar-refractivity contribution in [2.24, 2.45) is 5.73 Å². The molecule has 0 saturated carbocycles. The number of benzene rings is 1. The number of nitrogens with two attached hydrogens (primary N) is 1. The first-order valence-corrected chi connectivity index (χ1v) is 6.49. The van der Waals surface area contributed by atoms with E-state index in [4.69, 9.17) is 5.73 Å². The van der Waals surface area contributed by atoms with Crippen molar-refractivity contribution in [3.05, 3.63) is 47.0 Å². The lowest BCUT2D eigenvalue weighted by Gasteiger charge is -2.13. The molecule has 17 heavy (non-hydrogen) atoms. The Morgan fingerprint density at radius 3 is 2.88 bits per heavy atom. The summed E-state index contributed by atoms with van der Waals surface area (Å²) in [5, 5.41) is 0. The largest absolute Gasteiger partial charge is 0.330 e. The standard InChI is InChI=1S/C13H16BrN3/c1-10(4-5-15)11-2-3-13(12(14)8-11)17-7-6-16-9-17/h2-3,6-10H,4-5,15H2,1H3. The molecule has 2 aromatic rings. The van der Waals surface area contributed by atoms with Crippen LogP contribution in [0, 0.1) is 0 Å². The molecule has 2 N–H and O–H groups in total. The van der Waals surface area contributed by atoms with E-state index in [0.717, 1.165) is 23.1 Å². The normalized spacial score (nSPS) is 12.6. The summed E-state index contributed by atoms with van der Waals surface area (Å²) in [5.41, 5.74) is 8.00. The number of nitrogens with zero attached hydrogens (tertiary/aromatic N) is 2. The van der Waals surface area contributed by atoms with Gasteiger partial charge in [0, 0.05) is 16.9 Å². The number of hydrogen-bond acceptors (Lipinski definition) is 2. The van der Waals surface area contributed by atoms with E-state index in [0.29, 0.717) is 5.92 Å². The molecule has 0 aliphatic rings. The van der Waals surface area contributed by atoms with Crippen molar-refractivity contribution in [3.63, 3.8) is 0 Å². The van der Waals surface area contributed by atoms with Gasteiger partial charge in [-0.15, -0.1) is 0 Å². The van der Waals surface area contributed by atoms with E-state index in [1.165, 1.54) is 5.56 Å². The highest BCUT2D eigenvalue weighted by Crippen LogP contribution is 2.27.